The highest BCUT2D eigenvalue weighted by Crippen LogP contribution is 2.35. The number of hydrogen-bond donors (Lipinski definition) is 2. The Bertz CT molecular complexity index is 1020. The van der Waals surface area contributed by atoms with E-state index in [9.17, 15) is 14.4 Å². The molecule has 1 aromatic carbocycles. The first-order valence-electron chi connectivity index (χ1n) is 7.83. The number of nitriles is 1. The molecule has 10 heteroatoms. The van der Waals surface area contributed by atoms with Crippen molar-refractivity contribution in [3.8, 4) is 17.5 Å². The minimum atomic E-state index is -0.520. The molecule has 3 N–H and O–H groups in total. The number of rotatable bonds is 6. The number of hydrogen-bond acceptors (Lipinski definition) is 8. The van der Waals surface area contributed by atoms with E-state index in [1.165, 1.54) is 17.8 Å². The van der Waals surface area contributed by atoms with Crippen LogP contribution in [0.5, 0.6) is 0 Å². The molecule has 0 spiro atoms. The van der Waals surface area contributed by atoms with Crippen LogP contribution in [0.4, 0.5) is 9.39 Å². The summed E-state index contributed by atoms with van der Waals surface area (Å²) in [5, 5.41) is 16.7. The summed E-state index contributed by atoms with van der Waals surface area (Å²) in [4.78, 5) is 16.7. The quantitative estimate of drug-likeness (QED) is 0.477. The Morgan fingerprint density at radius 3 is 2.96 bits per heavy atom. The molecular weight excluding hydrogens is 389 g/mol. The molecule has 27 heavy (non-hydrogen) atoms. The van der Waals surface area contributed by atoms with Crippen LogP contribution in [0.15, 0.2) is 29.4 Å². The summed E-state index contributed by atoms with van der Waals surface area (Å²) in [6.07, 6.45) is 0. The summed E-state index contributed by atoms with van der Waals surface area (Å²) in [5.74, 6) is -0.383. The van der Waals surface area contributed by atoms with Gasteiger partial charge in [0.1, 0.15) is 21.8 Å². The Morgan fingerprint density at radius 1 is 1.48 bits per heavy atom. The third-order valence-corrected chi connectivity index (χ3v) is 5.46. The van der Waals surface area contributed by atoms with Gasteiger partial charge in [-0.25, -0.2) is 14.2 Å². The van der Waals surface area contributed by atoms with Crippen molar-refractivity contribution in [3.63, 3.8) is 0 Å². The molecule has 0 aliphatic rings. The molecule has 0 aliphatic carbocycles. The van der Waals surface area contributed by atoms with Gasteiger partial charge in [0.25, 0.3) is 0 Å². The van der Waals surface area contributed by atoms with Gasteiger partial charge in [-0.2, -0.15) is 5.26 Å². The first-order valence-corrected chi connectivity index (χ1v) is 9.63. The Hall–Kier alpha value is -2.90. The van der Waals surface area contributed by atoms with Crippen LogP contribution in [0.2, 0.25) is 0 Å². The summed E-state index contributed by atoms with van der Waals surface area (Å²) in [7, 11) is 0. The van der Waals surface area contributed by atoms with Gasteiger partial charge in [-0.15, -0.1) is 16.4 Å². The molecule has 138 valence electrons. The number of nitrogens with two attached hydrogens (primary N) is 1. The summed E-state index contributed by atoms with van der Waals surface area (Å²) in [5.41, 5.74) is 6.90. The molecule has 0 aliphatic heterocycles. The van der Waals surface area contributed by atoms with Crippen LogP contribution >= 0.6 is 23.1 Å². The van der Waals surface area contributed by atoms with Crippen LogP contribution in [-0.2, 0) is 10.5 Å². The number of benzene rings is 1. The van der Waals surface area contributed by atoms with Crippen molar-refractivity contribution in [2.24, 2.45) is 0 Å². The molecule has 7 nitrogen and oxygen atoms in total. The van der Waals surface area contributed by atoms with Gasteiger partial charge >= 0.3 is 5.97 Å². The van der Waals surface area contributed by atoms with Crippen molar-refractivity contribution in [3.05, 3.63) is 46.1 Å². The summed E-state index contributed by atoms with van der Waals surface area (Å²) < 4.78 is 18.9. The zero-order chi connectivity index (χ0) is 19.4. The Morgan fingerprint density at radius 2 is 2.26 bits per heavy atom. The van der Waals surface area contributed by atoms with E-state index in [1.54, 1.807) is 25.1 Å². The van der Waals surface area contributed by atoms with E-state index < -0.39 is 11.8 Å². The van der Waals surface area contributed by atoms with Crippen molar-refractivity contribution < 1.29 is 13.9 Å². The average Bonchev–Trinajstić information content (AvgIpc) is 3.24. The lowest BCUT2D eigenvalue weighted by atomic mass is 10.2. The second kappa shape index (κ2) is 8.20. The van der Waals surface area contributed by atoms with Crippen molar-refractivity contribution in [1.82, 2.24) is 15.2 Å². The van der Waals surface area contributed by atoms with Crippen LogP contribution in [0.25, 0.3) is 11.4 Å². The summed E-state index contributed by atoms with van der Waals surface area (Å²) in [6.45, 7) is 1.92. The molecule has 0 atom stereocenters. The zero-order valence-electron chi connectivity index (χ0n) is 14.2. The van der Waals surface area contributed by atoms with Gasteiger partial charge in [0.15, 0.2) is 5.82 Å². The van der Waals surface area contributed by atoms with Gasteiger partial charge in [0.2, 0.25) is 5.16 Å². The molecule has 0 fully saturated rings. The van der Waals surface area contributed by atoms with E-state index in [4.69, 9.17) is 10.5 Å². The van der Waals surface area contributed by atoms with E-state index in [2.05, 4.69) is 15.2 Å². The van der Waals surface area contributed by atoms with Crippen LogP contribution in [0.3, 0.4) is 0 Å². The monoisotopic (exact) mass is 403 g/mol. The number of nitrogens with one attached hydrogen (secondary N) is 1. The second-order valence-corrected chi connectivity index (χ2v) is 7.21. The van der Waals surface area contributed by atoms with Crippen LogP contribution in [0, 0.1) is 17.1 Å². The fourth-order valence-electron chi connectivity index (χ4n) is 2.33. The number of halogens is 1. The van der Waals surface area contributed by atoms with Gasteiger partial charge in [-0.05, 0) is 19.1 Å². The van der Waals surface area contributed by atoms with Crippen molar-refractivity contribution in [1.29, 1.82) is 5.26 Å². The smallest absolute Gasteiger partial charge is 0.348 e. The fraction of sp³-hybridized carbons (Fsp3) is 0.176. The number of thioether (sulfide) groups is 1. The lowest BCUT2D eigenvalue weighted by molar-refractivity contribution is 0.0531. The van der Waals surface area contributed by atoms with E-state index >= 15 is 0 Å². The maximum atomic E-state index is 13.9. The Kier molecular flexibility index (Phi) is 5.73. The van der Waals surface area contributed by atoms with E-state index in [1.807, 2.05) is 6.07 Å². The summed E-state index contributed by atoms with van der Waals surface area (Å²) >= 11 is 2.23. The number of H-pyrrole nitrogens is 1. The van der Waals surface area contributed by atoms with Gasteiger partial charge in [-0.1, -0.05) is 23.9 Å². The summed E-state index contributed by atoms with van der Waals surface area (Å²) in [6, 6.07) is 8.24. The van der Waals surface area contributed by atoms with Gasteiger partial charge in [0.05, 0.1) is 17.7 Å². The molecule has 0 saturated carbocycles. The number of ether oxygens (including phenoxy) is 1. The van der Waals surface area contributed by atoms with Crippen molar-refractivity contribution in [2.75, 3.05) is 12.3 Å². The molecule has 0 radical (unpaired) electrons. The first-order chi connectivity index (χ1) is 13.0. The van der Waals surface area contributed by atoms with Gasteiger partial charge in [-0.3, -0.25) is 5.10 Å². The number of nitrogen functional groups attached to an aromatic ring is 1. The van der Waals surface area contributed by atoms with E-state index in [0.717, 1.165) is 11.3 Å². The number of esters is 1. The van der Waals surface area contributed by atoms with Gasteiger partial charge < -0.3 is 10.5 Å². The topological polar surface area (TPSA) is 118 Å². The van der Waals surface area contributed by atoms with E-state index in [-0.39, 0.29) is 22.9 Å². The highest BCUT2D eigenvalue weighted by atomic mass is 32.2. The molecule has 0 bridgehead atoms. The fourth-order valence-corrected chi connectivity index (χ4v) is 4.18. The highest BCUT2D eigenvalue weighted by molar-refractivity contribution is 7.98. The molecule has 3 aromatic rings. The van der Waals surface area contributed by atoms with Crippen LogP contribution < -0.4 is 5.73 Å². The molecular formula is C17H14FN5O2S2. The molecule has 0 saturated heterocycles. The molecule has 0 unspecified atom stereocenters. The number of thiophene rings is 1. The molecule has 2 heterocycles. The number of nitrogens with zero attached hydrogens (tertiary/aromatic N) is 3. The predicted molar refractivity (Wildman–Crippen MR) is 101 cm³/mol. The van der Waals surface area contributed by atoms with Crippen molar-refractivity contribution in [2.45, 2.75) is 17.8 Å². The lowest BCUT2D eigenvalue weighted by Gasteiger charge is -2.03. The third kappa shape index (κ3) is 3.94. The number of aromatic nitrogens is 3. The number of carbonyl (C=O) groups excluding carboxylic acids is 1. The molecule has 0 amide bonds. The average molecular weight is 403 g/mol. The SMILES string of the molecule is CCOC(=O)c1sc(N)c(C#N)c1CSc1n[nH]c(-c2ccccc2F)n1. The van der Waals surface area contributed by atoms with Crippen LogP contribution in [0.1, 0.15) is 27.7 Å². The Balaban J connectivity index is 1.83. The third-order valence-electron chi connectivity index (χ3n) is 3.55. The zero-order valence-corrected chi connectivity index (χ0v) is 15.8. The first kappa shape index (κ1) is 18.9. The normalized spacial score (nSPS) is 10.6. The minimum absolute atomic E-state index is 0.220. The predicted octanol–water partition coefficient (Wildman–Crippen LogP) is 3.60. The van der Waals surface area contributed by atoms with E-state index in [0.29, 0.717) is 27.0 Å². The maximum Gasteiger partial charge on any atom is 0.348 e. The molecule has 2 aromatic heterocycles. The standard InChI is InChI=1S/C17H14FN5O2S2/c1-2-25-16(24)13-11(10(7-19)14(20)27-13)8-26-17-21-15(22-23-17)9-5-3-4-6-12(9)18/h3-6H,2,8,20H2,1H3,(H,21,22,23). The maximum absolute atomic E-state index is 13.9. The number of aromatic amines is 1. The van der Waals surface area contributed by atoms with Gasteiger partial charge in [0, 0.05) is 11.3 Å². The Labute approximate surface area is 162 Å². The van der Waals surface area contributed by atoms with Crippen molar-refractivity contribution >= 4 is 34.1 Å². The highest BCUT2D eigenvalue weighted by Gasteiger charge is 2.23. The largest absolute Gasteiger partial charge is 0.462 e. The number of carbonyl (C=O) groups is 1. The number of anilines is 1. The lowest BCUT2D eigenvalue weighted by Crippen LogP contribution is -2.05. The second-order valence-electron chi connectivity index (χ2n) is 5.22. The molecule has 3 rings (SSSR count). The van der Waals surface area contributed by atoms with Crippen LogP contribution in [-0.4, -0.2) is 27.8 Å². The minimum Gasteiger partial charge on any atom is -0.462 e.